The lowest BCUT2D eigenvalue weighted by molar-refractivity contribution is 0.492. The zero-order valence-electron chi connectivity index (χ0n) is 8.60. The van der Waals surface area contributed by atoms with Crippen LogP contribution < -0.4 is 5.30 Å². The molecule has 2 rings (SSSR count). The molecule has 2 nitrogen and oxygen atoms in total. The minimum atomic E-state index is -3.26. The largest absolute Gasteiger partial charge is 0.338 e. The molecule has 80 valence electrons. The van der Waals surface area contributed by atoms with E-state index in [1.807, 2.05) is 24.3 Å². The van der Waals surface area contributed by atoms with Crippen LogP contribution in [0, 0.1) is 0 Å². The third-order valence-corrected chi connectivity index (χ3v) is 4.95. The van der Waals surface area contributed by atoms with E-state index in [0.717, 1.165) is 31.0 Å². The summed E-state index contributed by atoms with van der Waals surface area (Å²) >= 11 is 0. The highest BCUT2D eigenvalue weighted by Gasteiger charge is 2.26. The van der Waals surface area contributed by atoms with Crippen LogP contribution >= 0.6 is 7.37 Å². The fourth-order valence-electron chi connectivity index (χ4n) is 1.89. The molecular weight excluding hydrogens is 207 g/mol. The summed E-state index contributed by atoms with van der Waals surface area (Å²) in [6, 6.07) is 8.94. The molecule has 0 amide bonds. The highest BCUT2D eigenvalue weighted by atomic mass is 31.2. The van der Waals surface area contributed by atoms with Gasteiger partial charge in [0.1, 0.15) is 0 Å². The van der Waals surface area contributed by atoms with Gasteiger partial charge in [-0.2, -0.15) is 0 Å². The fraction of sp³-hybridized carbons (Fsp3) is 0.333. The van der Waals surface area contributed by atoms with Gasteiger partial charge in [0.25, 0.3) is 7.37 Å². The minimum Gasteiger partial charge on any atom is -0.338 e. The first-order valence-electron chi connectivity index (χ1n) is 5.29. The summed E-state index contributed by atoms with van der Waals surface area (Å²) in [5.41, 5.74) is 0. The van der Waals surface area contributed by atoms with Gasteiger partial charge in [-0.3, -0.25) is 4.57 Å². The number of hydrogen-bond donors (Lipinski definition) is 1. The van der Waals surface area contributed by atoms with Crippen LogP contribution in [-0.2, 0) is 4.57 Å². The van der Waals surface area contributed by atoms with E-state index in [2.05, 4.69) is 0 Å². The molecule has 0 bridgehead atoms. The van der Waals surface area contributed by atoms with E-state index in [4.69, 9.17) is 0 Å². The van der Waals surface area contributed by atoms with E-state index in [0.29, 0.717) is 5.30 Å². The molecule has 0 saturated heterocycles. The Morgan fingerprint density at radius 1 is 1.13 bits per heavy atom. The number of allylic oxidation sites excluding steroid dienone is 2. The van der Waals surface area contributed by atoms with Gasteiger partial charge in [-0.25, -0.2) is 0 Å². The van der Waals surface area contributed by atoms with E-state index in [-0.39, 0.29) is 0 Å². The quantitative estimate of drug-likeness (QED) is 0.781. The molecular formula is C12H15O2P. The van der Waals surface area contributed by atoms with Gasteiger partial charge in [-0.15, -0.1) is 0 Å². The highest BCUT2D eigenvalue weighted by molar-refractivity contribution is 7.70. The minimum absolute atomic E-state index is 0.554. The average molecular weight is 222 g/mol. The average Bonchev–Trinajstić information content (AvgIpc) is 2.31. The maximum Gasteiger partial charge on any atom is 0.254 e. The molecule has 0 fully saturated rings. The van der Waals surface area contributed by atoms with Crippen LogP contribution in [0.2, 0.25) is 0 Å². The molecule has 3 heteroatoms. The summed E-state index contributed by atoms with van der Waals surface area (Å²) < 4.78 is 12.3. The second-order valence-electron chi connectivity index (χ2n) is 3.85. The van der Waals surface area contributed by atoms with Gasteiger partial charge in [0, 0.05) is 10.6 Å². The monoisotopic (exact) mass is 222 g/mol. The normalized spacial score (nSPS) is 20.5. The summed E-state index contributed by atoms with van der Waals surface area (Å²) in [6.45, 7) is 0. The molecule has 0 aliphatic heterocycles. The van der Waals surface area contributed by atoms with Gasteiger partial charge < -0.3 is 4.89 Å². The Hall–Kier alpha value is -0.850. The number of rotatable bonds is 2. The van der Waals surface area contributed by atoms with Crippen LogP contribution in [0.1, 0.15) is 25.7 Å². The lowest BCUT2D eigenvalue weighted by Crippen LogP contribution is -2.07. The van der Waals surface area contributed by atoms with E-state index in [9.17, 15) is 9.46 Å². The van der Waals surface area contributed by atoms with Gasteiger partial charge >= 0.3 is 0 Å². The predicted molar refractivity (Wildman–Crippen MR) is 62.5 cm³/mol. The smallest absolute Gasteiger partial charge is 0.254 e. The summed E-state index contributed by atoms with van der Waals surface area (Å²) in [7, 11) is -3.26. The predicted octanol–water partition coefficient (Wildman–Crippen LogP) is 3.04. The molecule has 0 aromatic heterocycles. The van der Waals surface area contributed by atoms with Crippen LogP contribution in [0.15, 0.2) is 41.7 Å². The first kappa shape index (κ1) is 10.7. The zero-order chi connectivity index (χ0) is 10.7. The van der Waals surface area contributed by atoms with E-state index in [1.54, 1.807) is 12.1 Å². The zero-order valence-corrected chi connectivity index (χ0v) is 9.49. The Morgan fingerprint density at radius 3 is 2.47 bits per heavy atom. The molecule has 1 unspecified atom stereocenters. The second-order valence-corrected chi connectivity index (χ2v) is 6.10. The van der Waals surface area contributed by atoms with Crippen molar-refractivity contribution in [2.45, 2.75) is 25.7 Å². The summed E-state index contributed by atoms with van der Waals surface area (Å²) in [5.74, 6) is 0. The molecule has 0 spiro atoms. The van der Waals surface area contributed by atoms with Crippen LogP contribution in [0.4, 0.5) is 0 Å². The van der Waals surface area contributed by atoms with Crippen LogP contribution in [0.25, 0.3) is 0 Å². The SMILES string of the molecule is O=P(O)(C1=CCCCC1)c1ccccc1. The van der Waals surface area contributed by atoms with E-state index in [1.165, 1.54) is 0 Å². The summed E-state index contributed by atoms with van der Waals surface area (Å²) in [5, 5.41) is 1.29. The third-order valence-electron chi connectivity index (χ3n) is 2.76. The first-order chi connectivity index (χ1) is 7.21. The number of hydrogen-bond acceptors (Lipinski definition) is 1. The van der Waals surface area contributed by atoms with Crippen molar-refractivity contribution in [3.63, 3.8) is 0 Å². The summed E-state index contributed by atoms with van der Waals surface area (Å²) in [6.07, 6.45) is 5.81. The van der Waals surface area contributed by atoms with Crippen molar-refractivity contribution in [1.82, 2.24) is 0 Å². The van der Waals surface area contributed by atoms with E-state index < -0.39 is 7.37 Å². The van der Waals surface area contributed by atoms with Gasteiger partial charge in [0.05, 0.1) is 0 Å². The highest BCUT2D eigenvalue weighted by Crippen LogP contribution is 2.51. The lowest BCUT2D eigenvalue weighted by atomic mass is 10.1. The molecule has 1 N–H and O–H groups in total. The van der Waals surface area contributed by atoms with E-state index >= 15 is 0 Å². The van der Waals surface area contributed by atoms with Crippen LogP contribution in [0.3, 0.4) is 0 Å². The van der Waals surface area contributed by atoms with Crippen molar-refractivity contribution in [2.75, 3.05) is 0 Å². The van der Waals surface area contributed by atoms with Gasteiger partial charge in [-0.05, 0) is 37.8 Å². The Morgan fingerprint density at radius 2 is 1.87 bits per heavy atom. The van der Waals surface area contributed by atoms with Crippen molar-refractivity contribution in [3.8, 4) is 0 Å². The van der Waals surface area contributed by atoms with Crippen molar-refractivity contribution in [2.24, 2.45) is 0 Å². The second kappa shape index (κ2) is 4.34. The first-order valence-corrected chi connectivity index (χ1v) is 6.95. The van der Waals surface area contributed by atoms with Crippen molar-refractivity contribution >= 4 is 12.7 Å². The van der Waals surface area contributed by atoms with Crippen molar-refractivity contribution in [1.29, 1.82) is 0 Å². The molecule has 1 aliphatic carbocycles. The molecule has 1 aromatic carbocycles. The molecule has 0 saturated carbocycles. The van der Waals surface area contributed by atoms with Crippen LogP contribution in [-0.4, -0.2) is 4.89 Å². The van der Waals surface area contributed by atoms with Crippen molar-refractivity contribution < 1.29 is 9.46 Å². The number of benzene rings is 1. The van der Waals surface area contributed by atoms with Crippen molar-refractivity contribution in [3.05, 3.63) is 41.7 Å². The third kappa shape index (κ3) is 2.22. The Bertz CT molecular complexity index is 409. The van der Waals surface area contributed by atoms with Crippen LogP contribution in [0.5, 0.6) is 0 Å². The lowest BCUT2D eigenvalue weighted by Gasteiger charge is -2.18. The molecule has 1 aliphatic rings. The van der Waals surface area contributed by atoms with Gasteiger partial charge in [-0.1, -0.05) is 24.3 Å². The van der Waals surface area contributed by atoms with Gasteiger partial charge in [0.2, 0.25) is 0 Å². The topological polar surface area (TPSA) is 37.3 Å². The Kier molecular flexibility index (Phi) is 3.08. The molecule has 1 atom stereocenters. The molecule has 0 heterocycles. The standard InChI is InChI=1S/C12H15O2P/c13-15(14,11-7-3-1-4-8-11)12-9-5-2-6-10-12/h1,3-4,7-9H,2,5-6,10H2,(H,13,14). The molecule has 15 heavy (non-hydrogen) atoms. The van der Waals surface area contributed by atoms with Gasteiger partial charge in [0.15, 0.2) is 0 Å². The Labute approximate surface area is 90.1 Å². The summed E-state index contributed by atoms with van der Waals surface area (Å²) in [4.78, 5) is 10.1. The maximum absolute atomic E-state index is 12.3. The molecule has 1 aromatic rings. The Balaban J connectivity index is 2.34. The fourth-order valence-corrected chi connectivity index (χ4v) is 3.64. The molecule has 0 radical (unpaired) electrons. The maximum atomic E-state index is 12.3.